The van der Waals surface area contributed by atoms with Crippen molar-refractivity contribution in [3.8, 4) is 0 Å². The Kier molecular flexibility index (Phi) is 24.8. The number of rotatable bonds is 21. The molecule has 0 aliphatic carbocycles. The molecule has 0 aliphatic rings. The first kappa shape index (κ1) is 24.9. The highest BCUT2D eigenvalue weighted by Gasteiger charge is 1.95. The molecule has 0 amide bonds. The van der Waals surface area contributed by atoms with Crippen molar-refractivity contribution < 1.29 is 16.5 Å². The molecule has 0 rings (SSSR count). The van der Waals surface area contributed by atoms with Gasteiger partial charge in [-0.15, -0.1) is 0 Å². The minimum Gasteiger partial charge on any atom is -0.449 e. The van der Waals surface area contributed by atoms with Crippen LogP contribution in [0.5, 0.6) is 0 Å². The zero-order valence-electron chi connectivity index (χ0n) is 16.4. The van der Waals surface area contributed by atoms with Crippen LogP contribution in [0.4, 0.5) is 0 Å². The number of hydrogen-bond acceptors (Lipinski definition) is 4. The van der Waals surface area contributed by atoms with Gasteiger partial charge in [0.2, 0.25) is 0 Å². The quantitative estimate of drug-likeness (QED) is 0.202. The van der Waals surface area contributed by atoms with E-state index in [-0.39, 0.29) is 9.76 Å². The van der Waals surface area contributed by atoms with E-state index in [4.69, 9.17) is 16.5 Å². The van der Waals surface area contributed by atoms with E-state index in [0.717, 1.165) is 10.5 Å². The Bertz CT molecular complexity index is 206. The summed E-state index contributed by atoms with van der Waals surface area (Å²) in [6.07, 6.45) is 18.6. The van der Waals surface area contributed by atoms with Gasteiger partial charge < -0.3 is 16.5 Å². The topological polar surface area (TPSA) is 36.9 Å². The molecular formula is C15H42O4Si5. The van der Waals surface area contributed by atoms with Crippen LogP contribution in [-0.4, -0.2) is 50.3 Å². The minimum atomic E-state index is -0.748. The maximum Gasteiger partial charge on any atom is 0.286 e. The zero-order valence-corrected chi connectivity index (χ0v) is 24.0. The van der Waals surface area contributed by atoms with Crippen LogP contribution in [-0.2, 0) is 16.5 Å². The van der Waals surface area contributed by atoms with Crippen LogP contribution >= 0.6 is 0 Å². The van der Waals surface area contributed by atoms with Crippen LogP contribution in [0.1, 0.15) is 90.4 Å². The predicted octanol–water partition coefficient (Wildman–Crippen LogP) is 0.923. The van der Waals surface area contributed by atoms with Crippen molar-refractivity contribution in [3.05, 3.63) is 0 Å². The molecule has 0 N–H and O–H groups in total. The molecule has 4 nitrogen and oxygen atoms in total. The summed E-state index contributed by atoms with van der Waals surface area (Å²) < 4.78 is 21.6. The molecule has 0 saturated heterocycles. The van der Waals surface area contributed by atoms with Crippen LogP contribution < -0.4 is 0 Å². The summed E-state index contributed by atoms with van der Waals surface area (Å²) in [4.78, 5) is 0. The van der Waals surface area contributed by atoms with E-state index in [2.05, 4.69) is 6.92 Å². The third-order valence-electron chi connectivity index (χ3n) is 4.18. The van der Waals surface area contributed by atoms with E-state index < -0.39 is 30.0 Å². The second-order valence-electron chi connectivity index (χ2n) is 6.55. The SMILES string of the molecule is CCCCCCCCCCCCCCC[SiH2]O[SiH2]O[SiH2]O[SiH2]O[SiH3]. The fraction of sp³-hybridized carbons (Fsp3) is 1.00. The van der Waals surface area contributed by atoms with Crippen LogP contribution in [0, 0.1) is 0 Å². The minimum absolute atomic E-state index is 0.298. The summed E-state index contributed by atoms with van der Waals surface area (Å²) in [5, 5.41) is 0. The lowest BCUT2D eigenvalue weighted by atomic mass is 10.1. The van der Waals surface area contributed by atoms with Crippen LogP contribution in [0.3, 0.4) is 0 Å². The summed E-state index contributed by atoms with van der Waals surface area (Å²) in [6.45, 7) is 2.29. The van der Waals surface area contributed by atoms with Crippen molar-refractivity contribution >= 4 is 50.3 Å². The Morgan fingerprint density at radius 2 is 1.04 bits per heavy atom. The molecule has 146 valence electrons. The van der Waals surface area contributed by atoms with E-state index in [0.29, 0.717) is 0 Å². The fourth-order valence-electron chi connectivity index (χ4n) is 2.73. The molecule has 0 aromatic heterocycles. The zero-order chi connectivity index (χ0) is 17.6. The van der Waals surface area contributed by atoms with Crippen molar-refractivity contribution in [1.82, 2.24) is 0 Å². The van der Waals surface area contributed by atoms with E-state index in [1.165, 1.54) is 89.5 Å². The van der Waals surface area contributed by atoms with E-state index >= 15 is 0 Å². The third kappa shape index (κ3) is 22.9. The lowest BCUT2D eigenvalue weighted by Gasteiger charge is -2.06. The molecule has 9 heteroatoms. The summed E-state index contributed by atoms with van der Waals surface area (Å²) in [7, 11) is -1.62. The third-order valence-corrected chi connectivity index (χ3v) is 10.4. The van der Waals surface area contributed by atoms with Gasteiger partial charge in [0.25, 0.3) is 30.0 Å². The van der Waals surface area contributed by atoms with Gasteiger partial charge in [0.05, 0.1) is 0 Å². The first-order valence-electron chi connectivity index (χ1n) is 10.1. The lowest BCUT2D eigenvalue weighted by molar-refractivity contribution is 0.406. The lowest BCUT2D eigenvalue weighted by Crippen LogP contribution is -2.15. The summed E-state index contributed by atoms with van der Waals surface area (Å²) >= 11 is 0. The second-order valence-corrected chi connectivity index (χ2v) is 15.6. The van der Waals surface area contributed by atoms with E-state index in [9.17, 15) is 0 Å². The van der Waals surface area contributed by atoms with Gasteiger partial charge in [-0.05, 0) is 6.04 Å². The van der Waals surface area contributed by atoms with Crippen molar-refractivity contribution in [2.45, 2.75) is 96.4 Å². The standard InChI is InChI=1S/C15H42O4Si5/c1-2-3-4-5-6-7-8-9-10-11-12-13-14-15-21-17-23-19-24-18-22-16-20/h2-15,21-24H2,1,20H3. The molecular weight excluding hydrogens is 385 g/mol. The molecule has 0 aromatic rings. The van der Waals surface area contributed by atoms with Crippen molar-refractivity contribution in [3.63, 3.8) is 0 Å². The van der Waals surface area contributed by atoms with Gasteiger partial charge in [0.1, 0.15) is 20.2 Å². The molecule has 0 saturated carbocycles. The van der Waals surface area contributed by atoms with Crippen molar-refractivity contribution in [2.24, 2.45) is 0 Å². The van der Waals surface area contributed by atoms with Crippen molar-refractivity contribution in [2.75, 3.05) is 0 Å². The van der Waals surface area contributed by atoms with Gasteiger partial charge in [0, 0.05) is 0 Å². The Balaban J connectivity index is 2.93. The first-order valence-corrected chi connectivity index (χ1v) is 16.0. The highest BCUT2D eigenvalue weighted by Crippen LogP contribution is 2.12. The summed E-state index contributed by atoms with van der Waals surface area (Å²) in [6, 6.07) is 1.33. The van der Waals surface area contributed by atoms with Gasteiger partial charge >= 0.3 is 0 Å². The van der Waals surface area contributed by atoms with Gasteiger partial charge in [0.15, 0.2) is 0 Å². The largest absolute Gasteiger partial charge is 0.449 e. The Morgan fingerprint density at radius 1 is 0.583 bits per heavy atom. The van der Waals surface area contributed by atoms with Crippen LogP contribution in [0.15, 0.2) is 0 Å². The molecule has 0 unspecified atom stereocenters. The Hall–Kier alpha value is 0.924. The normalized spacial score (nSPS) is 13.4. The maximum absolute atomic E-state index is 5.71. The van der Waals surface area contributed by atoms with Gasteiger partial charge in [-0.2, -0.15) is 0 Å². The molecule has 0 heterocycles. The summed E-state index contributed by atoms with van der Waals surface area (Å²) in [5.41, 5.74) is 0. The van der Waals surface area contributed by atoms with Gasteiger partial charge in [-0.3, -0.25) is 0 Å². The average Bonchev–Trinajstić information content (AvgIpc) is 2.60. The Labute approximate surface area is 163 Å². The number of unbranched alkanes of at least 4 members (excludes halogenated alkanes) is 12. The van der Waals surface area contributed by atoms with Crippen molar-refractivity contribution in [1.29, 1.82) is 0 Å². The van der Waals surface area contributed by atoms with Crippen LogP contribution in [0.25, 0.3) is 0 Å². The number of hydrogen-bond donors (Lipinski definition) is 0. The predicted molar refractivity (Wildman–Crippen MR) is 119 cm³/mol. The molecule has 0 fully saturated rings. The maximum atomic E-state index is 5.71. The molecule has 0 spiro atoms. The van der Waals surface area contributed by atoms with Gasteiger partial charge in [-0.1, -0.05) is 90.4 Å². The smallest absolute Gasteiger partial charge is 0.286 e. The average molecular weight is 427 g/mol. The highest BCUT2D eigenvalue weighted by atomic mass is 28.4. The Morgan fingerprint density at radius 3 is 1.58 bits per heavy atom. The molecule has 0 radical (unpaired) electrons. The second kappa shape index (κ2) is 23.9. The van der Waals surface area contributed by atoms with E-state index in [1.54, 1.807) is 0 Å². The molecule has 0 aromatic carbocycles. The van der Waals surface area contributed by atoms with Crippen LogP contribution in [0.2, 0.25) is 6.04 Å². The highest BCUT2D eigenvalue weighted by molar-refractivity contribution is 6.46. The van der Waals surface area contributed by atoms with E-state index in [1.807, 2.05) is 0 Å². The molecule has 0 aliphatic heterocycles. The van der Waals surface area contributed by atoms with Gasteiger partial charge in [-0.25, -0.2) is 0 Å². The molecule has 0 atom stereocenters. The molecule has 24 heavy (non-hydrogen) atoms. The fourth-order valence-corrected chi connectivity index (χ4v) is 10.3. The molecule has 0 bridgehead atoms. The monoisotopic (exact) mass is 426 g/mol. The first-order chi connectivity index (χ1) is 11.9. The summed E-state index contributed by atoms with van der Waals surface area (Å²) in [5.74, 6) is 0.